The monoisotopic (exact) mass is 324 g/mol. The molecular weight excluding hydrogens is 312 g/mol. The van der Waals surface area contributed by atoms with Gasteiger partial charge >= 0.3 is 0 Å². The van der Waals surface area contributed by atoms with Crippen LogP contribution >= 0.6 is 27.3 Å². The minimum atomic E-state index is 0.577. The predicted octanol–water partition coefficient (Wildman–Crippen LogP) is 3.59. The largest absolute Gasteiger partial charge is 0.372 e. The molecular formula is C12H13BrN4S. The van der Waals surface area contributed by atoms with Crippen LogP contribution in [0.25, 0.3) is 11.5 Å². The summed E-state index contributed by atoms with van der Waals surface area (Å²) < 4.78 is 0.989. The number of nitrogens with zero attached hydrogens (tertiary/aromatic N) is 3. The fraction of sp³-hybridized carbons (Fsp3) is 0.417. The number of hydrogen-bond donors (Lipinski definition) is 1. The molecule has 4 nitrogen and oxygen atoms in total. The lowest BCUT2D eigenvalue weighted by Crippen LogP contribution is -2.02. The van der Waals surface area contributed by atoms with Crippen molar-refractivity contribution in [2.75, 3.05) is 12.4 Å². The van der Waals surface area contributed by atoms with Crippen molar-refractivity contribution in [1.82, 2.24) is 15.0 Å². The van der Waals surface area contributed by atoms with Gasteiger partial charge in [0.2, 0.25) is 0 Å². The molecule has 1 saturated carbocycles. The molecule has 0 saturated heterocycles. The molecule has 0 aromatic carbocycles. The molecule has 2 aromatic rings. The molecule has 0 atom stereocenters. The van der Waals surface area contributed by atoms with Crippen LogP contribution in [-0.4, -0.2) is 22.0 Å². The molecule has 1 aliphatic carbocycles. The van der Waals surface area contributed by atoms with Gasteiger partial charge in [0.05, 0.1) is 15.2 Å². The Kier molecular flexibility index (Phi) is 3.07. The number of anilines is 1. The first-order valence-corrected chi connectivity index (χ1v) is 7.54. The summed E-state index contributed by atoms with van der Waals surface area (Å²) in [6.07, 6.45) is 2.43. The van der Waals surface area contributed by atoms with E-state index in [4.69, 9.17) is 0 Å². The Morgan fingerprint density at radius 3 is 2.67 bits per heavy atom. The highest BCUT2D eigenvalue weighted by molar-refractivity contribution is 9.10. The summed E-state index contributed by atoms with van der Waals surface area (Å²) in [5.74, 6) is 2.13. The summed E-state index contributed by atoms with van der Waals surface area (Å²) in [6.45, 7) is 1.99. The third kappa shape index (κ3) is 2.14. The highest BCUT2D eigenvalue weighted by atomic mass is 79.9. The number of aryl methyl sites for hydroxylation is 1. The first kappa shape index (κ1) is 12.0. The lowest BCUT2D eigenvalue weighted by molar-refractivity contribution is 0.975. The highest BCUT2D eigenvalue weighted by Gasteiger charge is 2.29. The van der Waals surface area contributed by atoms with E-state index >= 15 is 0 Å². The minimum absolute atomic E-state index is 0.577. The van der Waals surface area contributed by atoms with Gasteiger partial charge in [0.1, 0.15) is 11.5 Å². The van der Waals surface area contributed by atoms with Gasteiger partial charge in [-0.1, -0.05) is 0 Å². The quantitative estimate of drug-likeness (QED) is 0.937. The molecule has 6 heteroatoms. The fourth-order valence-electron chi connectivity index (χ4n) is 1.84. The average molecular weight is 325 g/mol. The maximum Gasteiger partial charge on any atom is 0.181 e. The first-order valence-electron chi connectivity index (χ1n) is 5.86. The molecule has 0 radical (unpaired) electrons. The molecule has 2 aromatic heterocycles. The van der Waals surface area contributed by atoms with E-state index in [2.05, 4.69) is 36.2 Å². The summed E-state index contributed by atoms with van der Waals surface area (Å²) in [5.41, 5.74) is 1.97. The van der Waals surface area contributed by atoms with E-state index in [1.54, 1.807) is 11.3 Å². The van der Waals surface area contributed by atoms with Crippen LogP contribution in [0.15, 0.2) is 9.85 Å². The second-order valence-electron chi connectivity index (χ2n) is 4.37. The van der Waals surface area contributed by atoms with Crippen molar-refractivity contribution in [2.45, 2.75) is 25.7 Å². The summed E-state index contributed by atoms with van der Waals surface area (Å²) >= 11 is 5.21. The molecule has 3 rings (SSSR count). The van der Waals surface area contributed by atoms with Gasteiger partial charge in [-0.25, -0.2) is 15.0 Å². The van der Waals surface area contributed by atoms with Gasteiger partial charge in [-0.05, 0) is 35.7 Å². The second kappa shape index (κ2) is 4.59. The Bertz CT molecular complexity index is 592. The zero-order chi connectivity index (χ0) is 12.7. The Labute approximate surface area is 118 Å². The van der Waals surface area contributed by atoms with Crippen molar-refractivity contribution in [3.8, 4) is 11.5 Å². The fourth-order valence-corrected chi connectivity index (χ4v) is 3.13. The van der Waals surface area contributed by atoms with Crippen LogP contribution in [0.1, 0.15) is 29.5 Å². The minimum Gasteiger partial charge on any atom is -0.372 e. The van der Waals surface area contributed by atoms with Crippen molar-refractivity contribution >= 4 is 33.1 Å². The summed E-state index contributed by atoms with van der Waals surface area (Å²) in [4.78, 5) is 13.7. The normalized spacial score (nSPS) is 14.8. The van der Waals surface area contributed by atoms with Gasteiger partial charge in [-0.3, -0.25) is 0 Å². The van der Waals surface area contributed by atoms with Crippen LogP contribution in [-0.2, 0) is 0 Å². The zero-order valence-corrected chi connectivity index (χ0v) is 12.6. The third-order valence-electron chi connectivity index (χ3n) is 2.93. The van der Waals surface area contributed by atoms with Crippen molar-refractivity contribution in [3.63, 3.8) is 0 Å². The Hall–Kier alpha value is -1.01. The number of thiazole rings is 1. The summed E-state index contributed by atoms with van der Waals surface area (Å²) in [5, 5.41) is 6.16. The van der Waals surface area contributed by atoms with Crippen molar-refractivity contribution in [1.29, 1.82) is 0 Å². The van der Waals surface area contributed by atoms with E-state index in [-0.39, 0.29) is 0 Å². The lowest BCUT2D eigenvalue weighted by Gasteiger charge is -2.09. The molecule has 1 fully saturated rings. The molecule has 1 aliphatic rings. The molecule has 18 heavy (non-hydrogen) atoms. The topological polar surface area (TPSA) is 50.7 Å². The third-order valence-corrected chi connectivity index (χ3v) is 4.48. The van der Waals surface area contributed by atoms with Crippen LogP contribution in [0.3, 0.4) is 0 Å². The van der Waals surface area contributed by atoms with Crippen LogP contribution in [0.5, 0.6) is 0 Å². The summed E-state index contributed by atoms with van der Waals surface area (Å²) in [7, 11) is 1.87. The number of hydrogen-bond acceptors (Lipinski definition) is 5. The van der Waals surface area contributed by atoms with E-state index in [0.717, 1.165) is 26.7 Å². The molecule has 1 N–H and O–H groups in total. The van der Waals surface area contributed by atoms with E-state index in [9.17, 15) is 0 Å². The number of rotatable bonds is 3. The van der Waals surface area contributed by atoms with Crippen molar-refractivity contribution in [2.24, 2.45) is 0 Å². The highest BCUT2D eigenvalue weighted by Crippen LogP contribution is 2.44. The molecule has 0 aliphatic heterocycles. The van der Waals surface area contributed by atoms with Gasteiger partial charge in [0.15, 0.2) is 5.82 Å². The van der Waals surface area contributed by atoms with E-state index < -0.39 is 0 Å². The zero-order valence-electron chi connectivity index (χ0n) is 10.2. The standard InChI is InChI=1S/C12H13BrN4S/c1-6-15-8(5-18-6)11-16-10(7-3-4-7)9(13)12(14-2)17-11/h5,7H,3-4H2,1-2H3,(H,14,16,17). The lowest BCUT2D eigenvalue weighted by atomic mass is 10.2. The maximum atomic E-state index is 4.67. The van der Waals surface area contributed by atoms with Crippen molar-refractivity contribution in [3.05, 3.63) is 20.6 Å². The molecule has 94 valence electrons. The van der Waals surface area contributed by atoms with Crippen LogP contribution in [0.2, 0.25) is 0 Å². The SMILES string of the molecule is CNc1nc(-c2csc(C)n2)nc(C2CC2)c1Br. The Morgan fingerprint density at radius 2 is 2.11 bits per heavy atom. The first-order chi connectivity index (χ1) is 8.69. The predicted molar refractivity (Wildman–Crippen MR) is 77.1 cm³/mol. The number of nitrogens with one attached hydrogen (secondary N) is 1. The number of aromatic nitrogens is 3. The molecule has 0 spiro atoms. The average Bonchev–Trinajstić information content (AvgIpc) is 3.12. The van der Waals surface area contributed by atoms with Gasteiger partial charge in [-0.15, -0.1) is 11.3 Å². The van der Waals surface area contributed by atoms with Gasteiger partial charge in [0, 0.05) is 18.3 Å². The van der Waals surface area contributed by atoms with Gasteiger partial charge in [-0.2, -0.15) is 0 Å². The van der Waals surface area contributed by atoms with Crippen LogP contribution < -0.4 is 5.32 Å². The maximum absolute atomic E-state index is 4.67. The molecule has 0 bridgehead atoms. The van der Waals surface area contributed by atoms with Crippen LogP contribution in [0, 0.1) is 6.92 Å². The van der Waals surface area contributed by atoms with Gasteiger partial charge in [0.25, 0.3) is 0 Å². The Balaban J connectivity index is 2.12. The molecule has 0 unspecified atom stereocenters. The number of halogens is 1. The van der Waals surface area contributed by atoms with Crippen molar-refractivity contribution < 1.29 is 0 Å². The van der Waals surface area contributed by atoms with E-state index in [0.29, 0.717) is 11.7 Å². The van der Waals surface area contributed by atoms with E-state index in [1.807, 2.05) is 19.4 Å². The van der Waals surface area contributed by atoms with Crippen LogP contribution in [0.4, 0.5) is 5.82 Å². The molecule has 2 heterocycles. The Morgan fingerprint density at radius 1 is 1.33 bits per heavy atom. The smallest absolute Gasteiger partial charge is 0.181 e. The van der Waals surface area contributed by atoms with E-state index in [1.165, 1.54) is 12.8 Å². The van der Waals surface area contributed by atoms with Gasteiger partial charge < -0.3 is 5.32 Å². The molecule has 0 amide bonds. The summed E-state index contributed by atoms with van der Waals surface area (Å²) in [6, 6.07) is 0. The second-order valence-corrected chi connectivity index (χ2v) is 6.23.